The van der Waals surface area contributed by atoms with Crippen LogP contribution in [-0.2, 0) is 19.6 Å². The first-order valence-electron chi connectivity index (χ1n) is 13.0. The summed E-state index contributed by atoms with van der Waals surface area (Å²) in [6, 6.07) is 3.44. The van der Waals surface area contributed by atoms with E-state index in [0.717, 1.165) is 38.6 Å². The van der Waals surface area contributed by atoms with Crippen LogP contribution in [0.4, 0.5) is 0 Å². The fraction of sp³-hybridized carbons (Fsp3) is 0.731. The molecule has 2 saturated heterocycles. The molecule has 0 aromatic heterocycles. The maximum absolute atomic E-state index is 13.1. The number of piperazine rings is 1. The maximum Gasteiger partial charge on any atom is 0.248 e. The Kier molecular flexibility index (Phi) is 10.6. The van der Waals surface area contributed by atoms with Crippen molar-refractivity contribution in [3.05, 3.63) is 23.3 Å². The number of benzene rings is 1. The van der Waals surface area contributed by atoms with Gasteiger partial charge in [-0.3, -0.25) is 9.69 Å². The molecule has 0 atom stereocenters. The zero-order valence-corrected chi connectivity index (χ0v) is 23.5. The van der Waals surface area contributed by atoms with Gasteiger partial charge in [0.2, 0.25) is 15.9 Å². The molecule has 0 bridgehead atoms. The van der Waals surface area contributed by atoms with Crippen molar-refractivity contribution < 1.29 is 22.7 Å². The van der Waals surface area contributed by atoms with Crippen LogP contribution in [0.2, 0.25) is 0 Å². The molecule has 1 aromatic carbocycles. The van der Waals surface area contributed by atoms with Crippen LogP contribution in [0.3, 0.4) is 0 Å². The Morgan fingerprint density at radius 1 is 1.06 bits per heavy atom. The lowest BCUT2D eigenvalue weighted by molar-refractivity contribution is -0.137. The first-order valence-corrected chi connectivity index (χ1v) is 14.4. The van der Waals surface area contributed by atoms with E-state index in [9.17, 15) is 13.2 Å². The minimum Gasteiger partial charge on any atom is -0.497 e. The molecule has 0 radical (unpaired) electrons. The van der Waals surface area contributed by atoms with Crippen molar-refractivity contribution in [3.8, 4) is 5.75 Å². The molecule has 2 fully saturated rings. The lowest BCUT2D eigenvalue weighted by atomic mass is 9.93. The van der Waals surface area contributed by atoms with Crippen LogP contribution < -0.4 is 4.74 Å². The fourth-order valence-corrected chi connectivity index (χ4v) is 6.65. The van der Waals surface area contributed by atoms with E-state index in [-0.39, 0.29) is 30.6 Å². The Labute approximate surface area is 217 Å². The maximum atomic E-state index is 13.1. The number of nitrogens with zero attached hydrogens (tertiary/aromatic N) is 4. The number of rotatable bonds is 11. The van der Waals surface area contributed by atoms with Crippen LogP contribution in [0.1, 0.15) is 30.4 Å². The highest BCUT2D eigenvalue weighted by atomic mass is 32.2. The summed E-state index contributed by atoms with van der Waals surface area (Å²) in [6.07, 6.45) is 3.83. The third kappa shape index (κ3) is 7.64. The molecule has 10 heteroatoms. The van der Waals surface area contributed by atoms with Gasteiger partial charge < -0.3 is 19.3 Å². The van der Waals surface area contributed by atoms with Crippen molar-refractivity contribution in [3.63, 3.8) is 0 Å². The highest BCUT2D eigenvalue weighted by Gasteiger charge is 2.26. The lowest BCUT2D eigenvalue weighted by Crippen LogP contribution is -2.50. The number of carbonyl (C=O) groups excluding carboxylic acids is 1. The number of likely N-dealkylation sites (N-methyl/N-ethyl adjacent to an activating group) is 1. The summed E-state index contributed by atoms with van der Waals surface area (Å²) in [7, 11) is 1.62. The average Bonchev–Trinajstić information content (AvgIpc) is 2.85. The van der Waals surface area contributed by atoms with Gasteiger partial charge in [0.15, 0.2) is 0 Å². The van der Waals surface area contributed by atoms with E-state index < -0.39 is 10.0 Å². The third-order valence-electron chi connectivity index (χ3n) is 7.53. The van der Waals surface area contributed by atoms with Crippen LogP contribution in [0.25, 0.3) is 0 Å². The zero-order valence-electron chi connectivity index (χ0n) is 22.7. The predicted molar refractivity (Wildman–Crippen MR) is 141 cm³/mol. The summed E-state index contributed by atoms with van der Waals surface area (Å²) in [5.41, 5.74) is 1.28. The summed E-state index contributed by atoms with van der Waals surface area (Å²) in [5.74, 6) is 1.43. The molecule has 204 valence electrons. The first kappa shape index (κ1) is 28.8. The molecule has 2 aliphatic heterocycles. The Morgan fingerprint density at radius 3 is 2.25 bits per heavy atom. The number of hydrogen-bond acceptors (Lipinski definition) is 7. The van der Waals surface area contributed by atoms with Gasteiger partial charge >= 0.3 is 0 Å². The molecule has 0 N–H and O–H groups in total. The van der Waals surface area contributed by atoms with Crippen LogP contribution in [-0.4, -0.2) is 120 Å². The largest absolute Gasteiger partial charge is 0.497 e. The van der Waals surface area contributed by atoms with E-state index in [0.29, 0.717) is 16.9 Å². The summed E-state index contributed by atoms with van der Waals surface area (Å²) in [6.45, 7) is 10.6. The topological polar surface area (TPSA) is 82.6 Å². The lowest BCUT2D eigenvalue weighted by Gasteiger charge is -2.36. The molecule has 3 rings (SSSR count). The van der Waals surface area contributed by atoms with E-state index in [1.807, 2.05) is 4.90 Å². The second-order valence-corrected chi connectivity index (χ2v) is 12.2. The predicted octanol–water partition coefficient (Wildman–Crippen LogP) is 1.83. The summed E-state index contributed by atoms with van der Waals surface area (Å²) < 4.78 is 38.3. The normalized spacial score (nSPS) is 18.7. The van der Waals surface area contributed by atoms with Gasteiger partial charge in [0, 0.05) is 39.8 Å². The summed E-state index contributed by atoms with van der Waals surface area (Å²) in [5, 5.41) is 0. The van der Waals surface area contributed by atoms with Crippen LogP contribution in [0.15, 0.2) is 17.0 Å². The van der Waals surface area contributed by atoms with E-state index in [4.69, 9.17) is 9.47 Å². The van der Waals surface area contributed by atoms with Gasteiger partial charge in [-0.2, -0.15) is 4.31 Å². The SMILES string of the molecule is COc1cc(C)c(S(=O)(=O)N(C)CCOCC(=O)N2CCN(CCC3CCN(C)CC3)CC2)c(C)c1. The summed E-state index contributed by atoms with van der Waals surface area (Å²) >= 11 is 0. The van der Waals surface area contributed by atoms with E-state index in [1.54, 1.807) is 33.1 Å². The van der Waals surface area contributed by atoms with Gasteiger partial charge in [-0.1, -0.05) is 0 Å². The van der Waals surface area contributed by atoms with Gasteiger partial charge in [-0.05, 0) is 89.0 Å². The van der Waals surface area contributed by atoms with Crippen molar-refractivity contribution in [2.75, 3.05) is 86.8 Å². The van der Waals surface area contributed by atoms with E-state index in [1.165, 1.54) is 43.7 Å². The number of piperidine rings is 1. The molecule has 2 aliphatic rings. The molecule has 9 nitrogen and oxygen atoms in total. The molecule has 0 aliphatic carbocycles. The van der Waals surface area contributed by atoms with Crippen molar-refractivity contribution in [2.45, 2.75) is 38.0 Å². The van der Waals surface area contributed by atoms with Crippen molar-refractivity contribution >= 4 is 15.9 Å². The second kappa shape index (κ2) is 13.2. The highest BCUT2D eigenvalue weighted by molar-refractivity contribution is 7.89. The molecule has 0 unspecified atom stereocenters. The highest BCUT2D eigenvalue weighted by Crippen LogP contribution is 2.27. The fourth-order valence-electron chi connectivity index (χ4n) is 5.09. The Balaban J connectivity index is 1.36. The number of ether oxygens (including phenoxy) is 2. The molecule has 0 spiro atoms. The van der Waals surface area contributed by atoms with Crippen molar-refractivity contribution in [2.24, 2.45) is 5.92 Å². The van der Waals surface area contributed by atoms with Crippen LogP contribution >= 0.6 is 0 Å². The molecule has 2 heterocycles. The van der Waals surface area contributed by atoms with Gasteiger partial charge in [0.05, 0.1) is 18.6 Å². The number of sulfonamides is 1. The molecular weight excluding hydrogens is 480 g/mol. The minimum absolute atomic E-state index is 0.0237. The monoisotopic (exact) mass is 524 g/mol. The standard InChI is InChI=1S/C26H44N4O5S/c1-21-18-24(34-5)19-22(2)26(21)36(32,33)28(4)16-17-35-20-25(31)30-14-12-29(13-15-30)11-8-23-6-9-27(3)10-7-23/h18-19,23H,6-17,20H2,1-5H3. The average molecular weight is 525 g/mol. The quantitative estimate of drug-likeness (QED) is 0.409. The number of aryl methyl sites for hydroxylation is 2. The number of hydrogen-bond donors (Lipinski definition) is 0. The van der Waals surface area contributed by atoms with Gasteiger partial charge in [0.25, 0.3) is 0 Å². The molecule has 36 heavy (non-hydrogen) atoms. The van der Waals surface area contributed by atoms with Crippen LogP contribution in [0, 0.1) is 19.8 Å². The second-order valence-electron chi connectivity index (χ2n) is 10.2. The molecule has 1 aromatic rings. The zero-order chi connectivity index (χ0) is 26.3. The molecule has 1 amide bonds. The number of amides is 1. The van der Waals surface area contributed by atoms with E-state index in [2.05, 4.69) is 16.8 Å². The van der Waals surface area contributed by atoms with Gasteiger partial charge in [0.1, 0.15) is 12.4 Å². The Morgan fingerprint density at radius 2 is 1.67 bits per heavy atom. The van der Waals surface area contributed by atoms with Crippen LogP contribution in [0.5, 0.6) is 5.75 Å². The van der Waals surface area contributed by atoms with E-state index >= 15 is 0 Å². The van der Waals surface area contributed by atoms with Crippen molar-refractivity contribution in [1.29, 1.82) is 0 Å². The number of carbonyl (C=O) groups is 1. The summed E-state index contributed by atoms with van der Waals surface area (Å²) in [4.78, 5) is 19.6. The van der Waals surface area contributed by atoms with Gasteiger partial charge in [-0.15, -0.1) is 0 Å². The Hall–Kier alpha value is -1.72. The van der Waals surface area contributed by atoms with Crippen molar-refractivity contribution in [1.82, 2.24) is 19.0 Å². The smallest absolute Gasteiger partial charge is 0.248 e. The van der Waals surface area contributed by atoms with Gasteiger partial charge in [-0.25, -0.2) is 8.42 Å². The minimum atomic E-state index is -3.67. The number of methoxy groups -OCH3 is 1. The molecule has 0 saturated carbocycles. The third-order valence-corrected chi connectivity index (χ3v) is 9.69. The Bertz CT molecular complexity index is 948. The molecular formula is C26H44N4O5S. The number of likely N-dealkylation sites (tertiary alicyclic amines) is 1. The first-order chi connectivity index (χ1) is 17.1.